The van der Waals surface area contributed by atoms with Gasteiger partial charge in [-0.05, 0) is 48.4 Å². The van der Waals surface area contributed by atoms with Crippen LogP contribution in [0.25, 0.3) is 0 Å². The van der Waals surface area contributed by atoms with Crippen LogP contribution in [-0.4, -0.2) is 41.3 Å². The minimum atomic E-state index is -1.13. The quantitative estimate of drug-likeness (QED) is 0.259. The highest BCUT2D eigenvalue weighted by molar-refractivity contribution is 6.31. The van der Waals surface area contributed by atoms with Crippen molar-refractivity contribution in [2.75, 3.05) is 18.5 Å². The molecule has 190 valence electrons. The lowest BCUT2D eigenvalue weighted by molar-refractivity contribution is 0.0690. The van der Waals surface area contributed by atoms with Crippen molar-refractivity contribution in [3.8, 4) is 17.2 Å². The van der Waals surface area contributed by atoms with Gasteiger partial charge in [0.2, 0.25) is 0 Å². The van der Waals surface area contributed by atoms with E-state index >= 15 is 0 Å². The fourth-order valence-corrected chi connectivity index (χ4v) is 3.30. The fraction of sp³-hybridized carbons (Fsp3) is 0.269. The smallest absolute Gasteiger partial charge is 0.354 e. The van der Waals surface area contributed by atoms with E-state index in [0.29, 0.717) is 47.2 Å². The average molecular weight is 513 g/mol. The zero-order valence-electron chi connectivity index (χ0n) is 20.3. The van der Waals surface area contributed by atoms with Crippen molar-refractivity contribution in [3.63, 3.8) is 0 Å². The number of ether oxygens (including phenoxy) is 2. The summed E-state index contributed by atoms with van der Waals surface area (Å²) in [5.41, 5.74) is 2.07. The second-order valence-corrected chi connectivity index (χ2v) is 8.70. The molecule has 0 saturated heterocycles. The number of rotatable bonds is 11. The van der Waals surface area contributed by atoms with Crippen molar-refractivity contribution in [1.82, 2.24) is 15.6 Å². The van der Waals surface area contributed by atoms with Crippen LogP contribution in [-0.2, 0) is 6.54 Å². The van der Waals surface area contributed by atoms with Crippen molar-refractivity contribution in [3.05, 3.63) is 76.6 Å². The van der Waals surface area contributed by atoms with Crippen LogP contribution in [0.2, 0.25) is 5.02 Å². The predicted octanol–water partition coefficient (Wildman–Crippen LogP) is 5.23. The van der Waals surface area contributed by atoms with Gasteiger partial charge in [-0.1, -0.05) is 37.6 Å². The van der Waals surface area contributed by atoms with Gasteiger partial charge in [-0.2, -0.15) is 0 Å². The number of carbonyl (C=O) groups excluding carboxylic acids is 1. The van der Waals surface area contributed by atoms with Crippen molar-refractivity contribution in [1.29, 1.82) is 0 Å². The van der Waals surface area contributed by atoms with Gasteiger partial charge in [0.25, 0.3) is 0 Å². The summed E-state index contributed by atoms with van der Waals surface area (Å²) in [4.78, 5) is 27.3. The maximum absolute atomic E-state index is 12.5. The molecule has 0 unspecified atom stereocenters. The largest absolute Gasteiger partial charge is 0.490 e. The van der Waals surface area contributed by atoms with Crippen LogP contribution < -0.4 is 25.4 Å². The van der Waals surface area contributed by atoms with Crippen molar-refractivity contribution < 1.29 is 24.2 Å². The average Bonchev–Trinajstić information content (AvgIpc) is 2.84. The monoisotopic (exact) mass is 512 g/mol. The Bertz CT molecular complexity index is 1200. The van der Waals surface area contributed by atoms with Gasteiger partial charge in [-0.25, -0.2) is 14.6 Å². The van der Waals surface area contributed by atoms with Gasteiger partial charge in [0.1, 0.15) is 23.9 Å². The van der Waals surface area contributed by atoms with Crippen LogP contribution >= 0.6 is 11.6 Å². The first-order valence-electron chi connectivity index (χ1n) is 11.4. The third-order valence-corrected chi connectivity index (χ3v) is 5.39. The number of nitrogens with one attached hydrogen (secondary N) is 3. The first kappa shape index (κ1) is 26.8. The third kappa shape index (κ3) is 8.14. The standard InChI is InChI=1S/C26H29ClN4O5/c1-16(2)28-10-11-35-24-12-17(3)21(27)14-22(24)31-26(34)30-15-18-4-6-19(7-5-18)36-20-8-9-29-23(13-20)25(32)33/h4-9,12-14,16,28H,10-11,15H2,1-3H3,(H,32,33)(H2,30,31,34). The number of aromatic nitrogens is 1. The maximum atomic E-state index is 12.5. The molecular formula is C26H29ClN4O5. The molecule has 3 aromatic rings. The highest BCUT2D eigenvalue weighted by Crippen LogP contribution is 2.31. The number of aromatic carboxylic acids is 1. The Morgan fingerprint density at radius 1 is 1.08 bits per heavy atom. The van der Waals surface area contributed by atoms with E-state index in [1.165, 1.54) is 12.3 Å². The zero-order valence-corrected chi connectivity index (χ0v) is 21.1. The molecule has 9 nitrogen and oxygen atoms in total. The summed E-state index contributed by atoms with van der Waals surface area (Å²) in [6.07, 6.45) is 1.37. The maximum Gasteiger partial charge on any atom is 0.354 e. The Labute approximate surface area is 214 Å². The molecule has 0 aliphatic carbocycles. The van der Waals surface area contributed by atoms with E-state index in [-0.39, 0.29) is 12.2 Å². The second-order valence-electron chi connectivity index (χ2n) is 8.29. The number of aryl methyl sites for hydroxylation is 1. The van der Waals surface area contributed by atoms with Gasteiger partial charge in [0, 0.05) is 36.4 Å². The van der Waals surface area contributed by atoms with E-state index < -0.39 is 12.0 Å². The number of carboxylic acids is 1. The van der Waals surface area contributed by atoms with Crippen molar-refractivity contribution in [2.45, 2.75) is 33.4 Å². The number of pyridine rings is 1. The van der Waals surface area contributed by atoms with Crippen LogP contribution in [0.4, 0.5) is 10.5 Å². The number of carbonyl (C=O) groups is 2. The van der Waals surface area contributed by atoms with Gasteiger partial charge in [-0.3, -0.25) is 0 Å². The van der Waals surface area contributed by atoms with Crippen molar-refractivity contribution >= 4 is 29.3 Å². The van der Waals surface area contributed by atoms with E-state index in [1.54, 1.807) is 42.5 Å². The normalized spacial score (nSPS) is 10.7. The first-order valence-corrected chi connectivity index (χ1v) is 11.8. The Balaban J connectivity index is 1.55. The molecule has 4 N–H and O–H groups in total. The van der Waals surface area contributed by atoms with Crippen LogP contribution in [0.5, 0.6) is 17.2 Å². The number of hydrogen-bond acceptors (Lipinski definition) is 6. The van der Waals surface area contributed by atoms with Crippen LogP contribution in [0, 0.1) is 6.92 Å². The third-order valence-electron chi connectivity index (χ3n) is 4.98. The number of hydrogen-bond donors (Lipinski definition) is 4. The molecule has 3 rings (SSSR count). The van der Waals surface area contributed by atoms with E-state index in [4.69, 9.17) is 26.2 Å². The van der Waals surface area contributed by atoms with Crippen molar-refractivity contribution in [2.24, 2.45) is 0 Å². The summed E-state index contributed by atoms with van der Waals surface area (Å²) in [6, 6.07) is 13.4. The summed E-state index contributed by atoms with van der Waals surface area (Å²) in [5.74, 6) is 0.298. The van der Waals surface area contributed by atoms with Gasteiger partial charge in [-0.15, -0.1) is 0 Å². The van der Waals surface area contributed by atoms with Crippen LogP contribution in [0.1, 0.15) is 35.5 Å². The SMILES string of the molecule is Cc1cc(OCCNC(C)C)c(NC(=O)NCc2ccc(Oc3ccnc(C(=O)O)c3)cc2)cc1Cl. The summed E-state index contributed by atoms with van der Waals surface area (Å²) < 4.78 is 11.5. The molecule has 0 bridgehead atoms. The Morgan fingerprint density at radius 3 is 2.53 bits per heavy atom. The van der Waals surface area contributed by atoms with Crippen LogP contribution in [0.15, 0.2) is 54.7 Å². The van der Waals surface area contributed by atoms with E-state index in [2.05, 4.69) is 34.8 Å². The van der Waals surface area contributed by atoms with Gasteiger partial charge in [0.15, 0.2) is 5.69 Å². The second kappa shape index (κ2) is 12.8. The minimum Gasteiger partial charge on any atom is -0.490 e. The molecule has 2 amide bonds. The number of benzene rings is 2. The van der Waals surface area contributed by atoms with Gasteiger partial charge >= 0.3 is 12.0 Å². The lowest BCUT2D eigenvalue weighted by atomic mass is 10.2. The highest BCUT2D eigenvalue weighted by atomic mass is 35.5. The molecule has 36 heavy (non-hydrogen) atoms. The minimum absolute atomic E-state index is 0.102. The molecule has 1 aromatic heterocycles. The summed E-state index contributed by atoms with van der Waals surface area (Å²) in [7, 11) is 0. The lowest BCUT2D eigenvalue weighted by Gasteiger charge is -2.16. The summed E-state index contributed by atoms with van der Waals surface area (Å²) in [5, 5.41) is 18.5. The molecule has 0 fully saturated rings. The Morgan fingerprint density at radius 2 is 1.83 bits per heavy atom. The summed E-state index contributed by atoms with van der Waals surface area (Å²) >= 11 is 6.26. The predicted molar refractivity (Wildman–Crippen MR) is 138 cm³/mol. The summed E-state index contributed by atoms with van der Waals surface area (Å²) in [6.45, 7) is 7.38. The van der Waals surface area contributed by atoms with Gasteiger partial charge < -0.3 is 30.5 Å². The van der Waals surface area contributed by atoms with Crippen LogP contribution in [0.3, 0.4) is 0 Å². The number of amides is 2. The molecule has 1 heterocycles. The number of anilines is 1. The molecular weight excluding hydrogens is 484 g/mol. The fourth-order valence-electron chi connectivity index (χ4n) is 3.13. The molecule has 0 saturated carbocycles. The molecule has 10 heteroatoms. The highest BCUT2D eigenvalue weighted by Gasteiger charge is 2.12. The molecule has 0 aliphatic rings. The van der Waals surface area contributed by atoms with Gasteiger partial charge in [0.05, 0.1) is 5.69 Å². The lowest BCUT2D eigenvalue weighted by Crippen LogP contribution is -2.29. The Kier molecular flexibility index (Phi) is 9.49. The molecule has 0 spiro atoms. The molecule has 0 aliphatic heterocycles. The van der Waals surface area contributed by atoms with E-state index in [9.17, 15) is 9.59 Å². The molecule has 2 aromatic carbocycles. The number of urea groups is 1. The topological polar surface area (TPSA) is 122 Å². The molecule has 0 atom stereocenters. The Hall–Kier alpha value is -3.82. The molecule has 0 radical (unpaired) electrons. The zero-order chi connectivity index (χ0) is 26.1. The first-order chi connectivity index (χ1) is 17.2. The van der Waals surface area contributed by atoms with E-state index in [1.807, 2.05) is 6.92 Å². The number of halogens is 1. The number of carboxylic acid groups (broad SMARTS) is 1. The number of nitrogens with zero attached hydrogens (tertiary/aromatic N) is 1. The van der Waals surface area contributed by atoms with E-state index in [0.717, 1.165) is 11.1 Å².